The van der Waals surface area contributed by atoms with Gasteiger partial charge in [0.25, 0.3) is 0 Å². The van der Waals surface area contributed by atoms with Gasteiger partial charge in [-0.15, -0.1) is 0 Å². The molecule has 0 heterocycles. The Morgan fingerprint density at radius 3 is 2.46 bits per heavy atom. The van der Waals surface area contributed by atoms with Gasteiger partial charge in [-0.25, -0.2) is 0 Å². The monoisotopic (exact) mass is 185 g/mol. The first-order valence-electron chi connectivity index (χ1n) is 4.32. The Morgan fingerprint density at radius 1 is 1.62 bits per heavy atom. The zero-order valence-corrected chi connectivity index (χ0v) is 7.87. The van der Waals surface area contributed by atoms with Gasteiger partial charge in [0.2, 0.25) is 5.91 Å². The predicted molar refractivity (Wildman–Crippen MR) is 48.4 cm³/mol. The van der Waals surface area contributed by atoms with Crippen LogP contribution < -0.4 is 11.1 Å². The number of oxime groups is 1. The quantitative estimate of drug-likeness (QED) is 0.251. The van der Waals surface area contributed by atoms with Crippen molar-refractivity contribution in [3.63, 3.8) is 0 Å². The first-order valence-corrected chi connectivity index (χ1v) is 4.32. The fourth-order valence-corrected chi connectivity index (χ4v) is 1.22. The third-order valence-electron chi connectivity index (χ3n) is 2.20. The molecule has 5 nitrogen and oxygen atoms in total. The summed E-state index contributed by atoms with van der Waals surface area (Å²) in [5.41, 5.74) is 4.71. The highest BCUT2D eigenvalue weighted by Crippen LogP contribution is 2.46. The zero-order chi connectivity index (χ0) is 10.1. The van der Waals surface area contributed by atoms with E-state index in [-0.39, 0.29) is 17.8 Å². The van der Waals surface area contributed by atoms with E-state index in [4.69, 9.17) is 10.9 Å². The van der Waals surface area contributed by atoms with Gasteiger partial charge >= 0.3 is 0 Å². The van der Waals surface area contributed by atoms with Crippen molar-refractivity contribution in [2.75, 3.05) is 0 Å². The summed E-state index contributed by atoms with van der Waals surface area (Å²) >= 11 is 0. The molecule has 1 aliphatic rings. The Hall–Kier alpha value is -1.26. The van der Waals surface area contributed by atoms with E-state index in [1.807, 2.05) is 13.8 Å². The number of carbonyl (C=O) groups is 1. The number of hydrogen-bond acceptors (Lipinski definition) is 3. The molecule has 1 amide bonds. The van der Waals surface area contributed by atoms with Gasteiger partial charge in [-0.1, -0.05) is 5.16 Å². The number of nitrogens with zero attached hydrogens (tertiary/aromatic N) is 1. The van der Waals surface area contributed by atoms with E-state index in [1.54, 1.807) is 0 Å². The molecule has 5 heteroatoms. The number of nitrogens with one attached hydrogen (secondary N) is 1. The molecule has 0 unspecified atom stereocenters. The van der Waals surface area contributed by atoms with Gasteiger partial charge in [-0.2, -0.15) is 0 Å². The van der Waals surface area contributed by atoms with E-state index in [0.29, 0.717) is 12.8 Å². The number of amidine groups is 1. The zero-order valence-electron chi connectivity index (χ0n) is 7.87. The van der Waals surface area contributed by atoms with Crippen LogP contribution in [0.1, 0.15) is 26.7 Å². The van der Waals surface area contributed by atoms with Crippen molar-refractivity contribution < 1.29 is 10.0 Å². The first-order chi connectivity index (χ1) is 6.03. The lowest BCUT2D eigenvalue weighted by molar-refractivity contribution is -0.124. The molecule has 0 bridgehead atoms. The topological polar surface area (TPSA) is 87.7 Å². The van der Waals surface area contributed by atoms with Crippen molar-refractivity contribution in [2.45, 2.75) is 32.7 Å². The Kier molecular flexibility index (Phi) is 2.45. The number of hydrogen-bond donors (Lipinski definition) is 3. The maximum absolute atomic E-state index is 11.6. The van der Waals surface area contributed by atoms with E-state index >= 15 is 0 Å². The molecule has 0 atom stereocenters. The molecule has 0 saturated heterocycles. The molecule has 0 aliphatic heterocycles. The highest BCUT2D eigenvalue weighted by Gasteiger charge is 2.54. The fraction of sp³-hybridized carbons (Fsp3) is 0.750. The van der Waals surface area contributed by atoms with E-state index in [9.17, 15) is 4.79 Å². The van der Waals surface area contributed by atoms with Gasteiger partial charge in [0.05, 0.1) is 0 Å². The number of nitrogens with two attached hydrogens (primary N) is 1. The van der Waals surface area contributed by atoms with Gasteiger partial charge in [0, 0.05) is 6.04 Å². The fourth-order valence-electron chi connectivity index (χ4n) is 1.22. The molecule has 0 aromatic carbocycles. The van der Waals surface area contributed by atoms with Crippen molar-refractivity contribution in [1.82, 2.24) is 5.32 Å². The summed E-state index contributed by atoms with van der Waals surface area (Å²) in [6, 6.07) is 0.0801. The average molecular weight is 185 g/mol. The molecule has 4 N–H and O–H groups in total. The maximum Gasteiger partial charge on any atom is 0.234 e. The second-order valence-corrected chi connectivity index (χ2v) is 3.70. The Bertz CT molecular complexity index is 244. The third-order valence-corrected chi connectivity index (χ3v) is 2.20. The predicted octanol–water partition coefficient (Wildman–Crippen LogP) is 0.0376. The SMILES string of the molecule is CC(C)NC(=O)C1(C(N)=NO)CC1. The Morgan fingerprint density at radius 2 is 2.15 bits per heavy atom. The van der Waals surface area contributed by atoms with Gasteiger partial charge in [0.15, 0.2) is 5.84 Å². The van der Waals surface area contributed by atoms with Gasteiger partial charge in [-0.05, 0) is 26.7 Å². The number of carbonyl (C=O) groups excluding carboxylic acids is 1. The van der Waals surface area contributed by atoms with Crippen LogP contribution in [0.25, 0.3) is 0 Å². The highest BCUT2D eigenvalue weighted by molar-refractivity contribution is 6.09. The molecule has 1 aliphatic carbocycles. The first kappa shape index (κ1) is 9.83. The lowest BCUT2D eigenvalue weighted by Crippen LogP contribution is -2.43. The summed E-state index contributed by atoms with van der Waals surface area (Å²) in [7, 11) is 0. The van der Waals surface area contributed by atoms with Crippen molar-refractivity contribution in [1.29, 1.82) is 0 Å². The standard InChI is InChI=1S/C8H15N3O2/c1-5(2)10-7(12)8(3-4-8)6(9)11-13/h5,13H,3-4H2,1-2H3,(H2,9,11)(H,10,12). The number of amides is 1. The van der Waals surface area contributed by atoms with Gasteiger partial charge < -0.3 is 16.3 Å². The maximum atomic E-state index is 11.6. The van der Waals surface area contributed by atoms with E-state index in [2.05, 4.69) is 10.5 Å². The second-order valence-electron chi connectivity index (χ2n) is 3.70. The molecular formula is C8H15N3O2. The molecule has 0 aromatic rings. The average Bonchev–Trinajstić information content (AvgIpc) is 2.82. The molecule has 1 rings (SSSR count). The molecule has 0 radical (unpaired) electrons. The summed E-state index contributed by atoms with van der Waals surface area (Å²) < 4.78 is 0. The second kappa shape index (κ2) is 3.24. The van der Waals surface area contributed by atoms with Gasteiger partial charge in [0.1, 0.15) is 5.41 Å². The molecule has 0 aromatic heterocycles. The normalized spacial score (nSPS) is 20.1. The summed E-state index contributed by atoms with van der Waals surface area (Å²) in [6.07, 6.45) is 1.34. The van der Waals surface area contributed by atoms with Crippen LogP contribution in [0.4, 0.5) is 0 Å². The van der Waals surface area contributed by atoms with Crippen LogP contribution in [0.2, 0.25) is 0 Å². The molecule has 0 spiro atoms. The van der Waals surface area contributed by atoms with Gasteiger partial charge in [-0.3, -0.25) is 4.79 Å². The Balaban J connectivity index is 2.66. The molecule has 1 saturated carbocycles. The molecule has 13 heavy (non-hydrogen) atoms. The largest absolute Gasteiger partial charge is 0.409 e. The molecule has 74 valence electrons. The smallest absolute Gasteiger partial charge is 0.234 e. The highest BCUT2D eigenvalue weighted by atomic mass is 16.4. The minimum Gasteiger partial charge on any atom is -0.409 e. The van der Waals surface area contributed by atoms with Crippen LogP contribution in [-0.4, -0.2) is 23.0 Å². The summed E-state index contributed by atoms with van der Waals surface area (Å²) in [4.78, 5) is 11.6. The van der Waals surface area contributed by atoms with Crippen LogP contribution in [0.5, 0.6) is 0 Å². The van der Waals surface area contributed by atoms with Crippen LogP contribution in [-0.2, 0) is 4.79 Å². The summed E-state index contributed by atoms with van der Waals surface area (Å²) in [6.45, 7) is 3.75. The van der Waals surface area contributed by atoms with Crippen LogP contribution in [0.3, 0.4) is 0 Å². The lowest BCUT2D eigenvalue weighted by atomic mass is 10.1. The van der Waals surface area contributed by atoms with Crippen molar-refractivity contribution in [3.8, 4) is 0 Å². The van der Waals surface area contributed by atoms with Crippen molar-refractivity contribution >= 4 is 11.7 Å². The summed E-state index contributed by atoms with van der Waals surface area (Å²) in [5.74, 6) is -0.122. The van der Waals surface area contributed by atoms with E-state index < -0.39 is 5.41 Å². The summed E-state index contributed by atoms with van der Waals surface area (Å²) in [5, 5.41) is 14.1. The van der Waals surface area contributed by atoms with E-state index in [1.165, 1.54) is 0 Å². The van der Waals surface area contributed by atoms with Crippen molar-refractivity contribution in [2.24, 2.45) is 16.3 Å². The van der Waals surface area contributed by atoms with Crippen LogP contribution in [0, 0.1) is 5.41 Å². The van der Waals surface area contributed by atoms with Crippen LogP contribution in [0.15, 0.2) is 5.16 Å². The minimum atomic E-state index is -0.723. The van der Waals surface area contributed by atoms with Crippen molar-refractivity contribution in [3.05, 3.63) is 0 Å². The number of rotatable bonds is 3. The Labute approximate surface area is 77.0 Å². The lowest BCUT2D eigenvalue weighted by Gasteiger charge is -2.15. The molecular weight excluding hydrogens is 170 g/mol. The third kappa shape index (κ3) is 1.74. The van der Waals surface area contributed by atoms with Crippen LogP contribution >= 0.6 is 0 Å². The van der Waals surface area contributed by atoms with E-state index in [0.717, 1.165) is 0 Å². The molecule has 1 fully saturated rings. The minimum absolute atomic E-state index is 0.0191.